The summed E-state index contributed by atoms with van der Waals surface area (Å²) in [6, 6.07) is 5.35. The van der Waals surface area contributed by atoms with Gasteiger partial charge in [0, 0.05) is 0 Å². The number of benzene rings is 1. The lowest BCUT2D eigenvalue weighted by Gasteiger charge is -1.99. The molecule has 1 rings (SSSR count). The monoisotopic (exact) mass is 222 g/mol. The number of halogens is 4. The van der Waals surface area contributed by atoms with E-state index in [1.165, 1.54) is 24.3 Å². The second-order valence-electron chi connectivity index (χ2n) is 2.42. The van der Waals surface area contributed by atoms with E-state index in [2.05, 4.69) is 0 Å². The summed E-state index contributed by atoms with van der Waals surface area (Å²) in [6.45, 7) is 0. The summed E-state index contributed by atoms with van der Waals surface area (Å²) in [5.74, 6) is -0.468. The first-order valence-electron chi connectivity index (χ1n) is 3.64. The molecule has 0 fully saturated rings. The molecule has 0 amide bonds. The van der Waals surface area contributed by atoms with Gasteiger partial charge in [-0.15, -0.1) is 0 Å². The fourth-order valence-corrected chi connectivity index (χ4v) is 1.18. The molecule has 1 aromatic carbocycles. The molecule has 0 unspecified atom stereocenters. The van der Waals surface area contributed by atoms with Gasteiger partial charge < -0.3 is 0 Å². The molecule has 0 aliphatic heterocycles. The van der Waals surface area contributed by atoms with Gasteiger partial charge in [0.15, 0.2) is 0 Å². The Hall–Kier alpha value is -0.970. The molecule has 76 valence electrons. The van der Waals surface area contributed by atoms with Crippen LogP contribution in [0.25, 0.3) is 6.08 Å². The summed E-state index contributed by atoms with van der Waals surface area (Å²) in [4.78, 5) is 0. The van der Waals surface area contributed by atoms with Crippen LogP contribution < -0.4 is 0 Å². The van der Waals surface area contributed by atoms with Crippen LogP contribution in [0, 0.1) is 5.82 Å². The van der Waals surface area contributed by atoms with Gasteiger partial charge in [0.05, 0.1) is 0 Å². The predicted molar refractivity (Wildman–Crippen MR) is 49.1 cm³/mol. The molecule has 0 spiro atoms. The average Bonchev–Trinajstić information content (AvgIpc) is 2.01. The van der Waals surface area contributed by atoms with E-state index in [-0.39, 0.29) is 11.8 Å². The van der Waals surface area contributed by atoms with Crippen LogP contribution in [0.5, 0.6) is 0 Å². The van der Waals surface area contributed by atoms with Gasteiger partial charge in [-0.05, 0) is 40.9 Å². The van der Waals surface area contributed by atoms with E-state index in [4.69, 9.17) is 0 Å². The minimum Gasteiger partial charge on any atom is -0.207 e. The third-order valence-electron chi connectivity index (χ3n) is 1.31. The Morgan fingerprint density at radius 2 is 1.93 bits per heavy atom. The van der Waals surface area contributed by atoms with Gasteiger partial charge in [-0.1, -0.05) is 12.1 Å². The first-order chi connectivity index (χ1) is 6.47. The lowest BCUT2D eigenvalue weighted by Crippen LogP contribution is -1.96. The Morgan fingerprint density at radius 3 is 2.50 bits per heavy atom. The van der Waals surface area contributed by atoms with Crippen LogP contribution in [0.1, 0.15) is 5.56 Å². The molecule has 5 heteroatoms. The summed E-state index contributed by atoms with van der Waals surface area (Å²) in [7, 11) is 0. The maximum absolute atomic E-state index is 12.6. The van der Waals surface area contributed by atoms with Crippen molar-refractivity contribution in [3.63, 3.8) is 0 Å². The molecule has 0 N–H and O–H groups in total. The zero-order valence-corrected chi connectivity index (χ0v) is 7.70. The van der Waals surface area contributed by atoms with Crippen LogP contribution in [0.3, 0.4) is 0 Å². The molecule has 0 aliphatic carbocycles. The maximum Gasteiger partial charge on any atom is 0.445 e. The quantitative estimate of drug-likeness (QED) is 0.680. The minimum absolute atomic E-state index is 0.269. The smallest absolute Gasteiger partial charge is 0.207 e. The largest absolute Gasteiger partial charge is 0.445 e. The minimum atomic E-state index is -4.29. The number of alkyl halides is 3. The van der Waals surface area contributed by atoms with E-state index in [0.717, 1.165) is 11.5 Å². The lowest BCUT2D eigenvalue weighted by atomic mass is 10.2. The summed E-state index contributed by atoms with van der Waals surface area (Å²) >= 11 is -0.269. The number of hydrogen-bond donors (Lipinski definition) is 0. The van der Waals surface area contributed by atoms with Crippen LogP contribution in [0.2, 0.25) is 0 Å². The summed E-state index contributed by atoms with van der Waals surface area (Å²) < 4.78 is 47.6. The maximum atomic E-state index is 12.6. The van der Waals surface area contributed by atoms with Crippen molar-refractivity contribution in [2.45, 2.75) is 5.51 Å². The molecule has 0 nitrogen and oxygen atoms in total. The molecule has 0 saturated carbocycles. The predicted octanol–water partition coefficient (Wildman–Crippen LogP) is 4.05. The highest BCUT2D eigenvalue weighted by molar-refractivity contribution is 8.03. The SMILES string of the molecule is Fc1cccc(/C=C/SC(F)(F)F)c1. The van der Waals surface area contributed by atoms with Gasteiger partial charge in [-0.2, -0.15) is 13.2 Å². The topological polar surface area (TPSA) is 0 Å². The highest BCUT2D eigenvalue weighted by atomic mass is 32.2. The molecule has 0 saturated heterocycles. The normalized spacial score (nSPS) is 12.3. The van der Waals surface area contributed by atoms with Crippen molar-refractivity contribution in [3.8, 4) is 0 Å². The molecule has 0 bridgehead atoms. The lowest BCUT2D eigenvalue weighted by molar-refractivity contribution is -0.0319. The van der Waals surface area contributed by atoms with E-state index in [9.17, 15) is 17.6 Å². The van der Waals surface area contributed by atoms with Crippen LogP contribution >= 0.6 is 11.8 Å². The van der Waals surface area contributed by atoms with Crippen LogP contribution in [-0.4, -0.2) is 5.51 Å². The zero-order valence-electron chi connectivity index (χ0n) is 6.88. The Bertz CT molecular complexity index is 330. The Morgan fingerprint density at radius 1 is 1.21 bits per heavy atom. The third kappa shape index (κ3) is 4.32. The Labute approximate surface area is 82.6 Å². The van der Waals surface area contributed by atoms with Crippen molar-refractivity contribution in [1.29, 1.82) is 0 Å². The molecule has 14 heavy (non-hydrogen) atoms. The van der Waals surface area contributed by atoms with Gasteiger partial charge in [0.2, 0.25) is 0 Å². The van der Waals surface area contributed by atoms with Gasteiger partial charge in [-0.25, -0.2) is 4.39 Å². The van der Waals surface area contributed by atoms with Crippen LogP contribution in [0.15, 0.2) is 29.7 Å². The van der Waals surface area contributed by atoms with Gasteiger partial charge in [0.25, 0.3) is 0 Å². The molecule has 0 heterocycles. The average molecular weight is 222 g/mol. The summed E-state index contributed by atoms with van der Waals surface area (Å²) in [6.07, 6.45) is 1.21. The molecule has 1 aromatic rings. The van der Waals surface area contributed by atoms with E-state index in [1.807, 2.05) is 0 Å². The van der Waals surface area contributed by atoms with Crippen LogP contribution in [-0.2, 0) is 0 Å². The van der Waals surface area contributed by atoms with Crippen molar-refractivity contribution in [2.24, 2.45) is 0 Å². The van der Waals surface area contributed by atoms with E-state index in [1.54, 1.807) is 0 Å². The molecular weight excluding hydrogens is 216 g/mol. The second kappa shape index (κ2) is 4.50. The first kappa shape index (κ1) is 11.1. The molecular formula is C9H6F4S. The van der Waals surface area contributed by atoms with Crippen molar-refractivity contribution in [1.82, 2.24) is 0 Å². The van der Waals surface area contributed by atoms with Gasteiger partial charge >= 0.3 is 5.51 Å². The Balaban J connectivity index is 2.61. The number of thioether (sulfide) groups is 1. The van der Waals surface area contributed by atoms with Crippen molar-refractivity contribution in [2.75, 3.05) is 0 Å². The fourth-order valence-electron chi connectivity index (χ4n) is 0.800. The van der Waals surface area contributed by atoms with Crippen molar-refractivity contribution in [3.05, 3.63) is 41.1 Å². The summed E-state index contributed by atoms with van der Waals surface area (Å²) in [5, 5.41) is 0.884. The standard InChI is InChI=1S/C9H6F4S/c10-8-3-1-2-7(6-8)4-5-14-9(11,12)13/h1-6H/b5-4+. The van der Waals surface area contributed by atoms with Crippen LogP contribution in [0.4, 0.5) is 17.6 Å². The Kier molecular flexibility index (Phi) is 3.57. The fraction of sp³-hybridized carbons (Fsp3) is 0.111. The number of hydrogen-bond acceptors (Lipinski definition) is 1. The van der Waals surface area contributed by atoms with E-state index in [0.29, 0.717) is 5.56 Å². The van der Waals surface area contributed by atoms with Gasteiger partial charge in [0.1, 0.15) is 5.82 Å². The van der Waals surface area contributed by atoms with Crippen molar-refractivity contribution >= 4 is 17.8 Å². The second-order valence-corrected chi connectivity index (χ2v) is 3.39. The highest BCUT2D eigenvalue weighted by Crippen LogP contribution is 2.31. The molecule has 0 aromatic heterocycles. The molecule has 0 atom stereocenters. The third-order valence-corrected chi connectivity index (χ3v) is 1.85. The van der Waals surface area contributed by atoms with E-state index >= 15 is 0 Å². The van der Waals surface area contributed by atoms with E-state index < -0.39 is 11.3 Å². The van der Waals surface area contributed by atoms with Gasteiger partial charge in [-0.3, -0.25) is 0 Å². The first-order valence-corrected chi connectivity index (χ1v) is 4.52. The van der Waals surface area contributed by atoms with Crippen molar-refractivity contribution < 1.29 is 17.6 Å². The molecule has 0 aliphatic rings. The highest BCUT2D eigenvalue weighted by Gasteiger charge is 2.26. The summed E-state index contributed by atoms with van der Waals surface area (Å²) in [5.41, 5.74) is -3.88. The molecule has 0 radical (unpaired) electrons. The zero-order chi connectivity index (χ0) is 10.6. The number of rotatable bonds is 2.